The SMILES string of the molecule is Cl.OCCNCc1ccc(Cl)cc1Cl. The average molecular weight is 257 g/mol. The number of hydrogen-bond donors (Lipinski definition) is 2. The van der Waals surface area contributed by atoms with E-state index >= 15 is 0 Å². The van der Waals surface area contributed by atoms with E-state index in [0.717, 1.165) is 5.56 Å². The number of rotatable bonds is 4. The lowest BCUT2D eigenvalue weighted by atomic mass is 10.2. The first-order chi connectivity index (χ1) is 6.24. The van der Waals surface area contributed by atoms with E-state index in [1.807, 2.05) is 6.07 Å². The Hall–Kier alpha value is 0.01000. The third kappa shape index (κ3) is 4.49. The van der Waals surface area contributed by atoms with Crippen LogP contribution in [0.2, 0.25) is 10.0 Å². The lowest BCUT2D eigenvalue weighted by Crippen LogP contribution is -2.17. The van der Waals surface area contributed by atoms with Crippen molar-refractivity contribution in [3.8, 4) is 0 Å². The van der Waals surface area contributed by atoms with E-state index in [2.05, 4.69) is 5.32 Å². The van der Waals surface area contributed by atoms with Crippen LogP contribution in [0.5, 0.6) is 0 Å². The van der Waals surface area contributed by atoms with Crippen molar-refractivity contribution in [1.29, 1.82) is 0 Å². The molecule has 0 atom stereocenters. The number of aliphatic hydroxyl groups is 1. The van der Waals surface area contributed by atoms with E-state index in [0.29, 0.717) is 23.1 Å². The van der Waals surface area contributed by atoms with Gasteiger partial charge in [-0.1, -0.05) is 29.3 Å². The highest BCUT2D eigenvalue weighted by Gasteiger charge is 1.99. The van der Waals surface area contributed by atoms with E-state index in [1.165, 1.54) is 0 Å². The van der Waals surface area contributed by atoms with Gasteiger partial charge in [0.05, 0.1) is 6.61 Å². The smallest absolute Gasteiger partial charge is 0.0556 e. The Labute approximate surface area is 99.6 Å². The Morgan fingerprint density at radius 3 is 2.57 bits per heavy atom. The molecule has 0 fully saturated rings. The molecule has 0 saturated carbocycles. The summed E-state index contributed by atoms with van der Waals surface area (Å²) in [5.41, 5.74) is 0.986. The topological polar surface area (TPSA) is 32.3 Å². The molecular formula is C9H12Cl3NO. The average Bonchev–Trinajstić information content (AvgIpc) is 2.09. The minimum Gasteiger partial charge on any atom is -0.395 e. The molecule has 1 rings (SSSR count). The van der Waals surface area contributed by atoms with Gasteiger partial charge in [0.1, 0.15) is 0 Å². The fourth-order valence-corrected chi connectivity index (χ4v) is 1.44. The fraction of sp³-hybridized carbons (Fsp3) is 0.333. The van der Waals surface area contributed by atoms with Crippen LogP contribution in [0.1, 0.15) is 5.56 Å². The summed E-state index contributed by atoms with van der Waals surface area (Å²) in [4.78, 5) is 0. The predicted molar refractivity (Wildman–Crippen MR) is 62.5 cm³/mol. The van der Waals surface area contributed by atoms with E-state index in [-0.39, 0.29) is 19.0 Å². The summed E-state index contributed by atoms with van der Waals surface area (Å²) in [5.74, 6) is 0. The standard InChI is InChI=1S/C9H11Cl2NO.ClH/c10-8-2-1-7(9(11)5-8)6-12-3-4-13;/h1-2,5,12-13H,3-4,6H2;1H. The van der Waals surface area contributed by atoms with Crippen molar-refractivity contribution >= 4 is 35.6 Å². The zero-order valence-corrected chi connectivity index (χ0v) is 9.79. The van der Waals surface area contributed by atoms with Crippen LogP contribution in [0.25, 0.3) is 0 Å². The second kappa shape index (κ2) is 7.32. The number of nitrogens with one attached hydrogen (secondary N) is 1. The normalized spacial score (nSPS) is 9.64. The third-order valence-corrected chi connectivity index (χ3v) is 2.21. The molecule has 5 heteroatoms. The molecule has 1 aromatic carbocycles. The van der Waals surface area contributed by atoms with E-state index in [9.17, 15) is 0 Å². The third-order valence-electron chi connectivity index (χ3n) is 1.62. The van der Waals surface area contributed by atoms with Crippen molar-refractivity contribution in [3.63, 3.8) is 0 Å². The van der Waals surface area contributed by atoms with Gasteiger partial charge in [-0.2, -0.15) is 0 Å². The molecule has 0 bridgehead atoms. The van der Waals surface area contributed by atoms with Gasteiger partial charge >= 0.3 is 0 Å². The van der Waals surface area contributed by atoms with Crippen molar-refractivity contribution in [2.45, 2.75) is 6.54 Å². The second-order valence-corrected chi connectivity index (χ2v) is 3.48. The maximum atomic E-state index is 8.54. The highest BCUT2D eigenvalue weighted by atomic mass is 35.5. The van der Waals surface area contributed by atoms with Crippen molar-refractivity contribution in [2.75, 3.05) is 13.2 Å². The number of hydrogen-bond acceptors (Lipinski definition) is 2. The largest absolute Gasteiger partial charge is 0.395 e. The van der Waals surface area contributed by atoms with E-state index < -0.39 is 0 Å². The molecule has 0 saturated heterocycles. The summed E-state index contributed by atoms with van der Waals surface area (Å²) >= 11 is 11.7. The Kier molecular flexibility index (Phi) is 7.33. The monoisotopic (exact) mass is 255 g/mol. The van der Waals surface area contributed by atoms with Gasteiger partial charge in [-0.05, 0) is 17.7 Å². The van der Waals surface area contributed by atoms with Crippen molar-refractivity contribution in [3.05, 3.63) is 33.8 Å². The summed E-state index contributed by atoms with van der Waals surface area (Å²) in [6.07, 6.45) is 0. The summed E-state index contributed by atoms with van der Waals surface area (Å²) in [6.45, 7) is 1.35. The quantitative estimate of drug-likeness (QED) is 0.811. The van der Waals surface area contributed by atoms with Crippen LogP contribution >= 0.6 is 35.6 Å². The van der Waals surface area contributed by atoms with Crippen LogP contribution in [0.4, 0.5) is 0 Å². The van der Waals surface area contributed by atoms with E-state index in [1.54, 1.807) is 12.1 Å². The van der Waals surface area contributed by atoms with Gasteiger partial charge in [-0.3, -0.25) is 0 Å². The van der Waals surface area contributed by atoms with Crippen LogP contribution in [-0.2, 0) is 6.54 Å². The molecule has 0 radical (unpaired) electrons. The molecule has 0 aliphatic carbocycles. The maximum Gasteiger partial charge on any atom is 0.0556 e. The molecule has 0 spiro atoms. The summed E-state index contributed by atoms with van der Waals surface area (Å²) < 4.78 is 0. The lowest BCUT2D eigenvalue weighted by molar-refractivity contribution is 0.292. The number of aliphatic hydroxyl groups excluding tert-OH is 1. The lowest BCUT2D eigenvalue weighted by Gasteiger charge is -2.05. The Balaban J connectivity index is 0.00000169. The van der Waals surface area contributed by atoms with Gasteiger partial charge in [-0.15, -0.1) is 12.4 Å². The number of benzene rings is 1. The van der Waals surface area contributed by atoms with E-state index in [4.69, 9.17) is 28.3 Å². The summed E-state index contributed by atoms with van der Waals surface area (Å²) in [5, 5.41) is 12.9. The maximum absolute atomic E-state index is 8.54. The molecule has 14 heavy (non-hydrogen) atoms. The highest BCUT2D eigenvalue weighted by Crippen LogP contribution is 2.20. The predicted octanol–water partition coefficient (Wildman–Crippen LogP) is 2.50. The Morgan fingerprint density at radius 1 is 1.29 bits per heavy atom. The van der Waals surface area contributed by atoms with Gasteiger partial charge in [0.2, 0.25) is 0 Å². The van der Waals surface area contributed by atoms with Gasteiger partial charge in [0.25, 0.3) is 0 Å². The van der Waals surface area contributed by atoms with Crippen molar-refractivity contribution < 1.29 is 5.11 Å². The van der Waals surface area contributed by atoms with Crippen LogP contribution in [0, 0.1) is 0 Å². The van der Waals surface area contributed by atoms with Crippen molar-refractivity contribution in [2.24, 2.45) is 0 Å². The Morgan fingerprint density at radius 2 is 2.00 bits per heavy atom. The molecule has 0 aliphatic heterocycles. The molecular weight excluding hydrogens is 244 g/mol. The molecule has 80 valence electrons. The molecule has 0 unspecified atom stereocenters. The van der Waals surface area contributed by atoms with Crippen LogP contribution in [0.3, 0.4) is 0 Å². The molecule has 2 nitrogen and oxygen atoms in total. The first-order valence-electron chi connectivity index (χ1n) is 3.99. The molecule has 0 amide bonds. The Bertz CT molecular complexity index is 281. The fourth-order valence-electron chi connectivity index (χ4n) is 0.967. The minimum atomic E-state index is 0. The minimum absolute atomic E-state index is 0. The van der Waals surface area contributed by atoms with Gasteiger partial charge in [0.15, 0.2) is 0 Å². The second-order valence-electron chi connectivity index (χ2n) is 2.64. The van der Waals surface area contributed by atoms with Crippen LogP contribution < -0.4 is 5.32 Å². The highest BCUT2D eigenvalue weighted by molar-refractivity contribution is 6.35. The van der Waals surface area contributed by atoms with Crippen LogP contribution in [-0.4, -0.2) is 18.3 Å². The molecule has 0 aliphatic rings. The number of halogens is 3. The molecule has 0 aromatic heterocycles. The molecule has 2 N–H and O–H groups in total. The van der Waals surface area contributed by atoms with Gasteiger partial charge < -0.3 is 10.4 Å². The first-order valence-corrected chi connectivity index (χ1v) is 4.75. The molecule has 0 heterocycles. The summed E-state index contributed by atoms with van der Waals surface area (Å²) in [6, 6.07) is 5.37. The van der Waals surface area contributed by atoms with Gasteiger partial charge in [0, 0.05) is 23.1 Å². The molecule has 1 aromatic rings. The zero-order chi connectivity index (χ0) is 9.68. The van der Waals surface area contributed by atoms with Crippen LogP contribution in [0.15, 0.2) is 18.2 Å². The van der Waals surface area contributed by atoms with Crippen molar-refractivity contribution in [1.82, 2.24) is 5.32 Å². The van der Waals surface area contributed by atoms with Gasteiger partial charge in [-0.25, -0.2) is 0 Å². The zero-order valence-electron chi connectivity index (χ0n) is 7.46. The summed E-state index contributed by atoms with van der Waals surface area (Å²) in [7, 11) is 0. The first kappa shape index (κ1) is 14.0.